The molecule has 4 nitrogen and oxygen atoms in total. The van der Waals surface area contributed by atoms with Crippen molar-refractivity contribution in [3.63, 3.8) is 0 Å². The number of furan rings is 1. The van der Waals surface area contributed by atoms with Gasteiger partial charge in [-0.1, -0.05) is 23.9 Å². The number of halogens is 1. The van der Waals surface area contributed by atoms with Crippen LogP contribution in [0.3, 0.4) is 0 Å². The van der Waals surface area contributed by atoms with Crippen LogP contribution in [0, 0.1) is 5.82 Å². The molecule has 0 atom stereocenters. The van der Waals surface area contributed by atoms with Crippen molar-refractivity contribution in [2.24, 2.45) is 0 Å². The Morgan fingerprint density at radius 2 is 2.05 bits per heavy atom. The van der Waals surface area contributed by atoms with Crippen LogP contribution < -0.4 is 0 Å². The number of aromatic nitrogens is 3. The minimum absolute atomic E-state index is 0.312. The Morgan fingerprint density at radius 1 is 1.20 bits per heavy atom. The Hall–Kier alpha value is -2.08. The van der Waals surface area contributed by atoms with E-state index in [0.717, 1.165) is 10.9 Å². The molecule has 3 rings (SSSR count). The van der Waals surface area contributed by atoms with Gasteiger partial charge in [0.2, 0.25) is 0 Å². The van der Waals surface area contributed by atoms with Crippen LogP contribution in [0.1, 0.15) is 5.76 Å². The lowest BCUT2D eigenvalue weighted by Gasteiger charge is -2.08. The minimum atomic E-state index is -0.312. The van der Waals surface area contributed by atoms with Gasteiger partial charge in [-0.05, 0) is 30.5 Å². The first-order valence-corrected chi connectivity index (χ1v) is 7.26. The van der Waals surface area contributed by atoms with Crippen LogP contribution in [0.15, 0.2) is 52.2 Å². The summed E-state index contributed by atoms with van der Waals surface area (Å²) in [6, 6.07) is 10.2. The van der Waals surface area contributed by atoms with Gasteiger partial charge in [0, 0.05) is 0 Å². The van der Waals surface area contributed by atoms with E-state index in [2.05, 4.69) is 10.2 Å². The predicted octanol–water partition coefficient (Wildman–Crippen LogP) is 3.45. The van der Waals surface area contributed by atoms with Gasteiger partial charge in [0.15, 0.2) is 11.0 Å². The largest absolute Gasteiger partial charge is 0.467 e. The van der Waals surface area contributed by atoms with Crippen LogP contribution in [0.4, 0.5) is 4.39 Å². The monoisotopic (exact) mass is 289 g/mol. The average Bonchev–Trinajstić information content (AvgIpc) is 3.10. The van der Waals surface area contributed by atoms with Crippen LogP contribution in [-0.2, 0) is 6.54 Å². The molecule has 2 aromatic heterocycles. The number of rotatable bonds is 4. The summed E-state index contributed by atoms with van der Waals surface area (Å²) in [5.74, 6) is 0.967. The lowest BCUT2D eigenvalue weighted by molar-refractivity contribution is 0.485. The Balaban J connectivity index is 2.08. The maximum atomic E-state index is 13.9. The van der Waals surface area contributed by atoms with Gasteiger partial charge in [-0.2, -0.15) is 0 Å². The van der Waals surface area contributed by atoms with Gasteiger partial charge in [-0.25, -0.2) is 4.39 Å². The molecule has 0 saturated heterocycles. The van der Waals surface area contributed by atoms with Crippen molar-refractivity contribution in [3.8, 4) is 11.4 Å². The van der Waals surface area contributed by atoms with Crippen LogP contribution in [0.2, 0.25) is 0 Å². The average molecular weight is 289 g/mol. The van der Waals surface area contributed by atoms with E-state index in [0.29, 0.717) is 17.9 Å². The number of thioether (sulfide) groups is 1. The molecule has 0 aliphatic rings. The standard InChI is InChI=1S/C14H12FN3OS/c1-20-14-17-16-13(11-6-2-3-7-12(11)15)18(14)9-10-5-4-8-19-10/h2-8H,9H2,1H3. The van der Waals surface area contributed by atoms with E-state index in [1.165, 1.54) is 17.8 Å². The van der Waals surface area contributed by atoms with Crippen molar-refractivity contribution in [2.75, 3.05) is 6.26 Å². The topological polar surface area (TPSA) is 43.9 Å². The fourth-order valence-corrected chi connectivity index (χ4v) is 2.48. The second-order valence-electron chi connectivity index (χ2n) is 4.16. The first kappa shape index (κ1) is 12.9. The fourth-order valence-electron chi connectivity index (χ4n) is 1.98. The molecule has 0 saturated carbocycles. The van der Waals surface area contributed by atoms with Crippen LogP contribution in [0.25, 0.3) is 11.4 Å². The predicted molar refractivity (Wildman–Crippen MR) is 75.0 cm³/mol. The van der Waals surface area contributed by atoms with Gasteiger partial charge in [0.05, 0.1) is 18.4 Å². The Bertz CT molecular complexity index is 709. The fraction of sp³-hybridized carbons (Fsp3) is 0.143. The third-order valence-electron chi connectivity index (χ3n) is 2.91. The molecule has 20 heavy (non-hydrogen) atoms. The van der Waals surface area contributed by atoms with Gasteiger partial charge in [0.25, 0.3) is 0 Å². The molecule has 6 heteroatoms. The third-order valence-corrected chi connectivity index (χ3v) is 3.58. The zero-order chi connectivity index (χ0) is 13.9. The molecule has 1 aromatic carbocycles. The Morgan fingerprint density at radius 3 is 2.75 bits per heavy atom. The van der Waals surface area contributed by atoms with Crippen molar-refractivity contribution >= 4 is 11.8 Å². The summed E-state index contributed by atoms with van der Waals surface area (Å²) in [6.07, 6.45) is 3.52. The van der Waals surface area contributed by atoms with Crippen molar-refractivity contribution in [1.82, 2.24) is 14.8 Å². The molecule has 0 bridgehead atoms. The van der Waals surface area contributed by atoms with Gasteiger partial charge in [0.1, 0.15) is 11.6 Å². The summed E-state index contributed by atoms with van der Waals surface area (Å²) >= 11 is 1.46. The number of benzene rings is 1. The highest BCUT2D eigenvalue weighted by atomic mass is 32.2. The van der Waals surface area contributed by atoms with Gasteiger partial charge >= 0.3 is 0 Å². The zero-order valence-corrected chi connectivity index (χ0v) is 11.6. The molecule has 0 aliphatic carbocycles. The van der Waals surface area contributed by atoms with Crippen molar-refractivity contribution < 1.29 is 8.81 Å². The van der Waals surface area contributed by atoms with Crippen molar-refractivity contribution in [3.05, 3.63) is 54.2 Å². The smallest absolute Gasteiger partial charge is 0.191 e. The van der Waals surface area contributed by atoms with Gasteiger partial charge in [-0.15, -0.1) is 10.2 Å². The summed E-state index contributed by atoms with van der Waals surface area (Å²) in [4.78, 5) is 0. The van der Waals surface area contributed by atoms with E-state index in [9.17, 15) is 4.39 Å². The highest BCUT2D eigenvalue weighted by molar-refractivity contribution is 7.98. The first-order chi connectivity index (χ1) is 9.79. The summed E-state index contributed by atoms with van der Waals surface area (Å²) in [5, 5.41) is 8.93. The number of hydrogen-bond acceptors (Lipinski definition) is 4. The molecular weight excluding hydrogens is 277 g/mol. The summed E-state index contributed by atoms with van der Waals surface area (Å²) in [5.41, 5.74) is 0.437. The minimum Gasteiger partial charge on any atom is -0.467 e. The molecule has 0 aliphatic heterocycles. The molecule has 102 valence electrons. The maximum Gasteiger partial charge on any atom is 0.191 e. The lowest BCUT2D eigenvalue weighted by Crippen LogP contribution is -2.04. The summed E-state index contributed by atoms with van der Waals surface area (Å²) < 4.78 is 21.1. The van der Waals surface area contributed by atoms with E-state index in [-0.39, 0.29) is 5.82 Å². The van der Waals surface area contributed by atoms with Crippen molar-refractivity contribution in [2.45, 2.75) is 11.7 Å². The molecule has 0 spiro atoms. The molecule has 2 heterocycles. The highest BCUT2D eigenvalue weighted by Gasteiger charge is 2.17. The van der Waals surface area contributed by atoms with Crippen LogP contribution in [-0.4, -0.2) is 21.0 Å². The molecule has 0 unspecified atom stereocenters. The van der Waals surface area contributed by atoms with Gasteiger partial charge < -0.3 is 4.42 Å². The van der Waals surface area contributed by atoms with E-state index in [4.69, 9.17) is 4.42 Å². The molecule has 0 N–H and O–H groups in total. The summed E-state index contributed by atoms with van der Waals surface area (Å²) in [7, 11) is 0. The first-order valence-electron chi connectivity index (χ1n) is 6.04. The zero-order valence-electron chi connectivity index (χ0n) is 10.8. The van der Waals surface area contributed by atoms with Crippen LogP contribution in [0.5, 0.6) is 0 Å². The quantitative estimate of drug-likeness (QED) is 0.690. The molecule has 0 amide bonds. The van der Waals surface area contributed by atoms with E-state index in [1.54, 1.807) is 24.5 Å². The molecule has 3 aromatic rings. The number of hydrogen-bond donors (Lipinski definition) is 0. The van der Waals surface area contributed by atoms with E-state index in [1.807, 2.05) is 23.0 Å². The van der Waals surface area contributed by atoms with E-state index < -0.39 is 0 Å². The number of nitrogens with zero attached hydrogens (tertiary/aromatic N) is 3. The van der Waals surface area contributed by atoms with Crippen molar-refractivity contribution in [1.29, 1.82) is 0 Å². The summed E-state index contributed by atoms with van der Waals surface area (Å²) in [6.45, 7) is 0.472. The normalized spacial score (nSPS) is 10.9. The van der Waals surface area contributed by atoms with Crippen LogP contribution >= 0.6 is 11.8 Å². The SMILES string of the molecule is CSc1nnc(-c2ccccc2F)n1Cc1ccco1. The Labute approximate surface area is 119 Å². The lowest BCUT2D eigenvalue weighted by atomic mass is 10.2. The molecular formula is C14H12FN3OS. The van der Waals surface area contributed by atoms with Gasteiger partial charge in [-0.3, -0.25) is 4.57 Å². The Kier molecular flexibility index (Phi) is 3.56. The van der Waals surface area contributed by atoms with E-state index >= 15 is 0 Å². The highest BCUT2D eigenvalue weighted by Crippen LogP contribution is 2.25. The maximum absolute atomic E-state index is 13.9. The third kappa shape index (κ3) is 2.34. The molecule has 0 radical (unpaired) electrons. The second-order valence-corrected chi connectivity index (χ2v) is 4.93. The molecule has 0 fully saturated rings. The second kappa shape index (κ2) is 5.50.